The van der Waals surface area contributed by atoms with E-state index in [1.807, 2.05) is 18.2 Å². The molecule has 0 radical (unpaired) electrons. The molecule has 2 aromatic heterocycles. The highest BCUT2D eigenvalue weighted by molar-refractivity contribution is 5.85. The zero-order chi connectivity index (χ0) is 36.2. The number of rotatable bonds is 9. The lowest BCUT2D eigenvalue weighted by molar-refractivity contribution is -0.125. The van der Waals surface area contributed by atoms with Gasteiger partial charge in [-0.3, -0.25) is 19.1 Å². The Morgan fingerprint density at radius 1 is 0.961 bits per heavy atom. The predicted octanol–water partition coefficient (Wildman–Crippen LogP) is 4.38. The maximum absolute atomic E-state index is 14.5. The van der Waals surface area contributed by atoms with Crippen molar-refractivity contribution in [2.45, 2.75) is 70.6 Å². The third-order valence-corrected chi connectivity index (χ3v) is 10.1. The van der Waals surface area contributed by atoms with Gasteiger partial charge in [0.1, 0.15) is 11.9 Å². The number of carbonyl (C=O) groups is 2. The summed E-state index contributed by atoms with van der Waals surface area (Å²) >= 11 is 0. The number of hydrogen-bond donors (Lipinski definition) is 3. The van der Waals surface area contributed by atoms with E-state index in [1.54, 1.807) is 19.9 Å². The Labute approximate surface area is 295 Å². The van der Waals surface area contributed by atoms with Gasteiger partial charge in [0.15, 0.2) is 5.65 Å². The lowest BCUT2D eigenvalue weighted by Gasteiger charge is -2.31. The largest absolute Gasteiger partial charge is 0.465 e. The molecule has 4 aromatic rings. The number of nitrogens with zero attached hydrogens (tertiary/aromatic N) is 5. The van der Waals surface area contributed by atoms with E-state index in [0.29, 0.717) is 31.4 Å². The summed E-state index contributed by atoms with van der Waals surface area (Å²) in [6, 6.07) is 15.4. The van der Waals surface area contributed by atoms with Crippen LogP contribution in [0.2, 0.25) is 0 Å². The number of carbonyl (C=O) groups excluding carboxylic acids is 1. The van der Waals surface area contributed by atoms with Crippen molar-refractivity contribution in [2.75, 3.05) is 33.2 Å². The minimum absolute atomic E-state index is 0.000918. The van der Waals surface area contributed by atoms with Crippen molar-refractivity contribution in [2.24, 2.45) is 5.92 Å². The summed E-state index contributed by atoms with van der Waals surface area (Å²) < 4.78 is 17.1. The molecule has 12 nitrogen and oxygen atoms in total. The Morgan fingerprint density at radius 2 is 1.71 bits per heavy atom. The normalized spacial score (nSPS) is 19.5. The van der Waals surface area contributed by atoms with E-state index in [2.05, 4.69) is 56.7 Å². The molecule has 2 aromatic carbocycles. The van der Waals surface area contributed by atoms with Crippen molar-refractivity contribution >= 4 is 23.0 Å². The molecular formula is C38H46FN7O5. The number of carboxylic acid groups (broad SMARTS) is 1. The second-order valence-corrected chi connectivity index (χ2v) is 14.2. The van der Waals surface area contributed by atoms with Crippen molar-refractivity contribution in [3.05, 3.63) is 93.0 Å². The minimum atomic E-state index is -1.28. The summed E-state index contributed by atoms with van der Waals surface area (Å²) in [6.07, 6.45) is 2.64. The fraction of sp³-hybridized carbons (Fsp3) is 0.447. The number of halogens is 1. The van der Waals surface area contributed by atoms with Crippen molar-refractivity contribution in [3.8, 4) is 16.8 Å². The van der Waals surface area contributed by atoms with E-state index in [4.69, 9.17) is 5.11 Å². The Morgan fingerprint density at radius 3 is 2.41 bits per heavy atom. The third-order valence-electron chi connectivity index (χ3n) is 10.1. The van der Waals surface area contributed by atoms with Crippen LogP contribution in [-0.2, 0) is 11.3 Å². The van der Waals surface area contributed by atoms with Crippen molar-refractivity contribution < 1.29 is 19.1 Å². The van der Waals surface area contributed by atoms with Crippen LogP contribution in [0, 0.1) is 11.7 Å². The first kappa shape index (κ1) is 35.9. The summed E-state index contributed by atoms with van der Waals surface area (Å²) in [5, 5.41) is 14.4. The van der Waals surface area contributed by atoms with Gasteiger partial charge in [0.05, 0.1) is 17.3 Å². The average molecular weight is 700 g/mol. The Balaban J connectivity index is 1.26. The summed E-state index contributed by atoms with van der Waals surface area (Å²) in [6.45, 7) is 8.67. The molecule has 1 atom stereocenters. The monoisotopic (exact) mass is 699 g/mol. The van der Waals surface area contributed by atoms with Gasteiger partial charge in [0.2, 0.25) is 5.91 Å². The smallest absolute Gasteiger partial charge is 0.405 e. The van der Waals surface area contributed by atoms with Gasteiger partial charge in [-0.15, -0.1) is 0 Å². The summed E-state index contributed by atoms with van der Waals surface area (Å²) in [5.41, 5.74) is 2.47. The molecule has 3 heterocycles. The molecule has 1 saturated carbocycles. The van der Waals surface area contributed by atoms with E-state index >= 15 is 0 Å². The lowest BCUT2D eigenvalue weighted by Crippen LogP contribution is -2.52. The third kappa shape index (κ3) is 8.20. The highest BCUT2D eigenvalue weighted by Gasteiger charge is 2.31. The van der Waals surface area contributed by atoms with Crippen LogP contribution in [0.1, 0.15) is 57.6 Å². The van der Waals surface area contributed by atoms with Gasteiger partial charge >= 0.3 is 11.8 Å². The molecule has 2 aliphatic rings. The first-order valence-corrected chi connectivity index (χ1v) is 17.7. The fourth-order valence-electron chi connectivity index (χ4n) is 7.32. The quantitative estimate of drug-likeness (QED) is 0.234. The molecule has 1 aliphatic carbocycles. The van der Waals surface area contributed by atoms with Gasteiger partial charge in [0.25, 0.3) is 5.56 Å². The number of likely N-dealkylation sites (N-methyl/N-ethyl adjacent to an activating group) is 1. The number of nitrogens with one attached hydrogen (secondary N) is 2. The molecular weight excluding hydrogens is 653 g/mol. The van der Waals surface area contributed by atoms with Gasteiger partial charge in [-0.05, 0) is 93.0 Å². The van der Waals surface area contributed by atoms with E-state index in [-0.39, 0.29) is 23.0 Å². The molecule has 1 saturated heterocycles. The molecule has 6 rings (SSSR count). The molecule has 0 bridgehead atoms. The standard InChI is InChI=1S/C38H46FN7O5/c1-24(2)33(42-37(49)50)35(47)41-29-12-14-30(15-13-29)46-36(48)32-21-28(39)22-40-34(32)45(38(46)51)31-7-4-6-27(20-31)26-10-8-25(9-11-26)23-44-17-5-16-43(3)18-19-44/h4,6-11,20-22,24,29-30,33,42H,5,12-19,23H2,1-3H3,(H,41,47)(H,49,50)/t29-,30+,33-/m0/s1. The second-order valence-electron chi connectivity index (χ2n) is 14.2. The van der Waals surface area contributed by atoms with Gasteiger partial charge in [-0.1, -0.05) is 50.2 Å². The highest BCUT2D eigenvalue weighted by Crippen LogP contribution is 2.29. The van der Waals surface area contributed by atoms with Gasteiger partial charge < -0.3 is 20.6 Å². The molecule has 2 fully saturated rings. The zero-order valence-electron chi connectivity index (χ0n) is 29.3. The number of hydrogen-bond acceptors (Lipinski definition) is 7. The van der Waals surface area contributed by atoms with Crippen LogP contribution in [-0.4, -0.2) is 86.3 Å². The number of benzene rings is 2. The Hall–Kier alpha value is -4.88. The summed E-state index contributed by atoms with van der Waals surface area (Å²) in [5.74, 6) is -1.35. The van der Waals surface area contributed by atoms with Crippen LogP contribution in [0.4, 0.5) is 9.18 Å². The molecule has 0 spiro atoms. The molecule has 2 amide bonds. The summed E-state index contributed by atoms with van der Waals surface area (Å²) in [4.78, 5) is 61.3. The molecule has 1 aliphatic heterocycles. The maximum Gasteiger partial charge on any atom is 0.405 e. The first-order valence-electron chi connectivity index (χ1n) is 17.7. The predicted molar refractivity (Wildman–Crippen MR) is 194 cm³/mol. The highest BCUT2D eigenvalue weighted by atomic mass is 19.1. The van der Waals surface area contributed by atoms with Crippen LogP contribution < -0.4 is 21.9 Å². The first-order chi connectivity index (χ1) is 24.5. The lowest BCUT2D eigenvalue weighted by atomic mass is 9.90. The van der Waals surface area contributed by atoms with Crippen LogP contribution in [0.3, 0.4) is 0 Å². The van der Waals surface area contributed by atoms with Crippen molar-refractivity contribution in [1.29, 1.82) is 0 Å². The van der Waals surface area contributed by atoms with Crippen LogP contribution in [0.5, 0.6) is 0 Å². The molecule has 51 heavy (non-hydrogen) atoms. The second kappa shape index (κ2) is 15.6. The number of amides is 2. The molecule has 0 unspecified atom stereocenters. The average Bonchev–Trinajstić information content (AvgIpc) is 3.31. The van der Waals surface area contributed by atoms with E-state index in [1.165, 1.54) is 14.7 Å². The zero-order valence-corrected chi connectivity index (χ0v) is 29.3. The number of fused-ring (bicyclic) bond motifs is 1. The molecule has 270 valence electrons. The number of pyridine rings is 1. The van der Waals surface area contributed by atoms with Crippen molar-refractivity contribution in [1.82, 2.24) is 34.6 Å². The van der Waals surface area contributed by atoms with Gasteiger partial charge in [-0.25, -0.2) is 23.5 Å². The molecule has 13 heteroatoms. The van der Waals surface area contributed by atoms with Crippen LogP contribution in [0.15, 0.2) is 70.4 Å². The number of aromatic nitrogens is 3. The SMILES string of the molecule is CC(C)[C@H](NC(=O)O)C(=O)N[C@H]1CC[C@@H](n2c(=O)c3cc(F)cnc3n(-c3cccc(-c4ccc(CN5CCCN(C)CC5)cc4)c3)c2=O)CC1. The van der Waals surface area contributed by atoms with Crippen LogP contribution >= 0.6 is 0 Å². The Kier molecular flexibility index (Phi) is 11.0. The van der Waals surface area contributed by atoms with Gasteiger partial charge in [-0.2, -0.15) is 0 Å². The van der Waals surface area contributed by atoms with Crippen LogP contribution in [0.25, 0.3) is 27.8 Å². The summed E-state index contributed by atoms with van der Waals surface area (Å²) in [7, 11) is 2.16. The van der Waals surface area contributed by atoms with E-state index in [0.717, 1.165) is 62.5 Å². The van der Waals surface area contributed by atoms with Crippen molar-refractivity contribution in [3.63, 3.8) is 0 Å². The van der Waals surface area contributed by atoms with Gasteiger partial charge in [0, 0.05) is 31.7 Å². The molecule has 3 N–H and O–H groups in total. The van der Waals surface area contributed by atoms with E-state index in [9.17, 15) is 23.6 Å². The Bertz CT molecular complexity index is 2000. The van der Waals surface area contributed by atoms with E-state index < -0.39 is 41.2 Å². The minimum Gasteiger partial charge on any atom is -0.465 e. The maximum atomic E-state index is 14.5. The fourth-order valence-corrected chi connectivity index (χ4v) is 7.32. The topological polar surface area (TPSA) is 142 Å².